The smallest absolute Gasteiger partial charge is 0.0488 e. The van der Waals surface area contributed by atoms with E-state index in [9.17, 15) is 0 Å². The van der Waals surface area contributed by atoms with Gasteiger partial charge in [0.2, 0.25) is 0 Å². The summed E-state index contributed by atoms with van der Waals surface area (Å²) in [6, 6.07) is 8.98. The van der Waals surface area contributed by atoms with Crippen LogP contribution in [0.2, 0.25) is 0 Å². The second-order valence-corrected chi connectivity index (χ2v) is 4.87. The van der Waals surface area contributed by atoms with Gasteiger partial charge in [-0.2, -0.15) is 0 Å². The molecule has 0 saturated carbocycles. The Morgan fingerprint density at radius 1 is 1.18 bits per heavy atom. The molecule has 0 heterocycles. The minimum absolute atomic E-state index is 0.284. The highest BCUT2D eigenvalue weighted by Crippen LogP contribution is 2.28. The number of aryl methyl sites for hydroxylation is 1. The summed E-state index contributed by atoms with van der Waals surface area (Å²) in [6.45, 7) is 6.60. The first-order chi connectivity index (χ1) is 8.22. The third-order valence-corrected chi connectivity index (χ3v) is 3.54. The molecule has 0 amide bonds. The Morgan fingerprint density at radius 2 is 1.82 bits per heavy atom. The van der Waals surface area contributed by atoms with Gasteiger partial charge in [-0.25, -0.2) is 0 Å². The van der Waals surface area contributed by atoms with Gasteiger partial charge in [0, 0.05) is 6.04 Å². The van der Waals surface area contributed by atoms with Gasteiger partial charge in [-0.05, 0) is 24.8 Å². The Bertz CT molecular complexity index is 305. The molecule has 0 radical (unpaired) electrons. The summed E-state index contributed by atoms with van der Waals surface area (Å²) in [4.78, 5) is 0. The minimum atomic E-state index is 0.284. The molecule has 3 N–H and O–H groups in total. The molecule has 2 heteroatoms. The van der Waals surface area contributed by atoms with Crippen molar-refractivity contribution in [1.82, 2.24) is 5.43 Å². The first-order valence-electron chi connectivity index (χ1n) is 6.75. The summed E-state index contributed by atoms with van der Waals surface area (Å²) in [5.41, 5.74) is 5.60. The van der Waals surface area contributed by atoms with Gasteiger partial charge < -0.3 is 0 Å². The minimum Gasteiger partial charge on any atom is -0.271 e. The number of nitrogens with one attached hydrogen (secondary N) is 1. The molecule has 0 aromatic heterocycles. The van der Waals surface area contributed by atoms with E-state index in [2.05, 4.69) is 50.5 Å². The van der Waals surface area contributed by atoms with Crippen molar-refractivity contribution in [3.63, 3.8) is 0 Å². The van der Waals surface area contributed by atoms with Crippen molar-refractivity contribution in [3.05, 3.63) is 35.4 Å². The van der Waals surface area contributed by atoms with E-state index in [1.807, 2.05) is 0 Å². The molecule has 0 aliphatic carbocycles. The average Bonchev–Trinajstić information content (AvgIpc) is 2.36. The predicted octanol–water partition coefficient (Wildman–Crippen LogP) is 3.72. The van der Waals surface area contributed by atoms with Crippen molar-refractivity contribution >= 4 is 0 Å². The molecule has 1 rings (SSSR count). The van der Waals surface area contributed by atoms with Crippen LogP contribution in [0.5, 0.6) is 0 Å². The number of rotatable bonds is 7. The Kier molecular flexibility index (Phi) is 6.23. The zero-order valence-corrected chi connectivity index (χ0v) is 11.4. The highest BCUT2D eigenvalue weighted by atomic mass is 15.2. The van der Waals surface area contributed by atoms with Crippen LogP contribution in [0, 0.1) is 12.8 Å². The summed E-state index contributed by atoms with van der Waals surface area (Å²) in [6.07, 6.45) is 4.95. The van der Waals surface area contributed by atoms with Gasteiger partial charge in [0.05, 0.1) is 0 Å². The second-order valence-electron chi connectivity index (χ2n) is 4.87. The lowest BCUT2D eigenvalue weighted by atomic mass is 9.87. The number of hydrogen-bond acceptors (Lipinski definition) is 2. The Balaban J connectivity index is 2.77. The topological polar surface area (TPSA) is 38.0 Å². The summed E-state index contributed by atoms with van der Waals surface area (Å²) in [5.74, 6) is 6.37. The van der Waals surface area contributed by atoms with Crippen molar-refractivity contribution < 1.29 is 0 Å². The SMILES string of the molecule is CCCCC(CC)C(NN)c1ccc(C)cc1. The molecule has 0 bridgehead atoms. The Hall–Kier alpha value is -0.860. The summed E-state index contributed by atoms with van der Waals surface area (Å²) in [7, 11) is 0. The fourth-order valence-corrected chi connectivity index (χ4v) is 2.35. The van der Waals surface area contributed by atoms with Crippen molar-refractivity contribution in [2.45, 2.75) is 52.5 Å². The van der Waals surface area contributed by atoms with Gasteiger partial charge in [0.15, 0.2) is 0 Å². The fraction of sp³-hybridized carbons (Fsp3) is 0.600. The zero-order chi connectivity index (χ0) is 12.7. The normalized spacial score (nSPS) is 14.6. The maximum atomic E-state index is 5.74. The molecular weight excluding hydrogens is 208 g/mol. The molecule has 0 spiro atoms. The Labute approximate surface area is 106 Å². The first kappa shape index (κ1) is 14.2. The molecule has 96 valence electrons. The van der Waals surface area contributed by atoms with Gasteiger partial charge in [0.25, 0.3) is 0 Å². The molecule has 0 fully saturated rings. The maximum Gasteiger partial charge on any atom is 0.0488 e. The molecule has 0 aliphatic rings. The highest BCUT2D eigenvalue weighted by molar-refractivity contribution is 5.24. The third-order valence-electron chi connectivity index (χ3n) is 3.54. The van der Waals surface area contributed by atoms with Crippen LogP contribution in [0.15, 0.2) is 24.3 Å². The lowest BCUT2D eigenvalue weighted by molar-refractivity contribution is 0.327. The molecule has 2 nitrogen and oxygen atoms in total. The van der Waals surface area contributed by atoms with E-state index in [1.165, 1.54) is 36.8 Å². The molecule has 1 aromatic carbocycles. The average molecular weight is 234 g/mol. The van der Waals surface area contributed by atoms with Crippen LogP contribution in [-0.4, -0.2) is 0 Å². The standard InChI is InChI=1S/C15H26N2/c1-4-6-7-13(5-2)15(17-16)14-10-8-12(3)9-11-14/h8-11,13,15,17H,4-7,16H2,1-3H3. The predicted molar refractivity (Wildman–Crippen MR) is 74.5 cm³/mol. The molecular formula is C15H26N2. The second kappa shape index (κ2) is 7.46. The lowest BCUT2D eigenvalue weighted by Crippen LogP contribution is -2.33. The summed E-state index contributed by atoms with van der Waals surface area (Å²) < 4.78 is 0. The molecule has 0 aliphatic heterocycles. The van der Waals surface area contributed by atoms with Gasteiger partial charge in [-0.15, -0.1) is 0 Å². The molecule has 2 unspecified atom stereocenters. The van der Waals surface area contributed by atoms with Crippen LogP contribution in [0.3, 0.4) is 0 Å². The van der Waals surface area contributed by atoms with Gasteiger partial charge in [0.1, 0.15) is 0 Å². The number of benzene rings is 1. The van der Waals surface area contributed by atoms with Crippen molar-refractivity contribution in [2.75, 3.05) is 0 Å². The van der Waals surface area contributed by atoms with Gasteiger partial charge >= 0.3 is 0 Å². The van der Waals surface area contributed by atoms with E-state index < -0.39 is 0 Å². The van der Waals surface area contributed by atoms with Gasteiger partial charge in [-0.3, -0.25) is 11.3 Å². The highest BCUT2D eigenvalue weighted by Gasteiger charge is 2.19. The molecule has 2 atom stereocenters. The largest absolute Gasteiger partial charge is 0.271 e. The third kappa shape index (κ3) is 4.14. The van der Waals surface area contributed by atoms with Crippen molar-refractivity contribution in [3.8, 4) is 0 Å². The van der Waals surface area contributed by atoms with Gasteiger partial charge in [-0.1, -0.05) is 62.9 Å². The number of hydrogen-bond donors (Lipinski definition) is 2. The van der Waals surface area contributed by atoms with Crippen LogP contribution in [0.1, 0.15) is 56.7 Å². The molecule has 17 heavy (non-hydrogen) atoms. The first-order valence-corrected chi connectivity index (χ1v) is 6.75. The van der Waals surface area contributed by atoms with Crippen LogP contribution >= 0.6 is 0 Å². The molecule has 1 aromatic rings. The van der Waals surface area contributed by atoms with Crippen LogP contribution in [0.4, 0.5) is 0 Å². The molecule has 0 saturated heterocycles. The Morgan fingerprint density at radius 3 is 2.29 bits per heavy atom. The van der Waals surface area contributed by atoms with E-state index in [0.717, 1.165) is 0 Å². The fourth-order valence-electron chi connectivity index (χ4n) is 2.35. The number of unbranched alkanes of at least 4 members (excludes halogenated alkanes) is 1. The van der Waals surface area contributed by atoms with Crippen LogP contribution in [-0.2, 0) is 0 Å². The number of nitrogens with two attached hydrogens (primary N) is 1. The lowest BCUT2D eigenvalue weighted by Gasteiger charge is -2.26. The van der Waals surface area contributed by atoms with E-state index in [0.29, 0.717) is 5.92 Å². The maximum absolute atomic E-state index is 5.74. The van der Waals surface area contributed by atoms with E-state index in [-0.39, 0.29) is 6.04 Å². The number of hydrazine groups is 1. The summed E-state index contributed by atoms with van der Waals surface area (Å²) >= 11 is 0. The van der Waals surface area contributed by atoms with E-state index >= 15 is 0 Å². The summed E-state index contributed by atoms with van der Waals surface area (Å²) in [5, 5.41) is 0. The quantitative estimate of drug-likeness (QED) is 0.557. The van der Waals surface area contributed by atoms with Crippen LogP contribution < -0.4 is 11.3 Å². The van der Waals surface area contributed by atoms with E-state index in [1.54, 1.807) is 0 Å². The zero-order valence-electron chi connectivity index (χ0n) is 11.4. The van der Waals surface area contributed by atoms with Crippen molar-refractivity contribution in [1.29, 1.82) is 0 Å². The monoisotopic (exact) mass is 234 g/mol. The van der Waals surface area contributed by atoms with Crippen LogP contribution in [0.25, 0.3) is 0 Å². The van der Waals surface area contributed by atoms with E-state index in [4.69, 9.17) is 5.84 Å². The van der Waals surface area contributed by atoms with Crippen molar-refractivity contribution in [2.24, 2.45) is 11.8 Å².